The fourth-order valence-corrected chi connectivity index (χ4v) is 3.16. The summed E-state index contributed by atoms with van der Waals surface area (Å²) in [6, 6.07) is 7.49. The highest BCUT2D eigenvalue weighted by Crippen LogP contribution is 2.31. The van der Waals surface area contributed by atoms with Gasteiger partial charge in [-0.15, -0.1) is 0 Å². The molecule has 0 spiro atoms. The molecule has 2 fully saturated rings. The van der Waals surface area contributed by atoms with Crippen LogP contribution >= 0.6 is 0 Å². The Morgan fingerprint density at radius 1 is 1.32 bits per heavy atom. The Hall–Kier alpha value is -1.06. The second kappa shape index (κ2) is 5.14. The van der Waals surface area contributed by atoms with Gasteiger partial charge in [0.25, 0.3) is 0 Å². The van der Waals surface area contributed by atoms with Gasteiger partial charge < -0.3 is 10.4 Å². The van der Waals surface area contributed by atoms with E-state index in [4.69, 9.17) is 0 Å². The fraction of sp³-hybridized carbons (Fsp3) is 0.625. The summed E-state index contributed by atoms with van der Waals surface area (Å²) in [6.45, 7) is 6.62. The minimum absolute atomic E-state index is 0.212. The molecule has 0 amide bonds. The van der Waals surface area contributed by atoms with E-state index in [9.17, 15) is 5.11 Å². The largest absolute Gasteiger partial charge is 0.508 e. The Balaban J connectivity index is 1.61. The van der Waals surface area contributed by atoms with Gasteiger partial charge in [0, 0.05) is 36.8 Å². The molecule has 2 atom stereocenters. The zero-order chi connectivity index (χ0) is 13.4. The van der Waals surface area contributed by atoms with Gasteiger partial charge >= 0.3 is 0 Å². The molecule has 2 N–H and O–H groups in total. The maximum absolute atomic E-state index is 9.98. The number of aromatic hydroxyl groups is 1. The quantitative estimate of drug-likeness (QED) is 0.873. The van der Waals surface area contributed by atoms with E-state index in [2.05, 4.69) is 30.1 Å². The first-order chi connectivity index (χ1) is 9.13. The highest BCUT2D eigenvalue weighted by Gasteiger charge is 2.34. The van der Waals surface area contributed by atoms with Crippen molar-refractivity contribution in [2.75, 3.05) is 13.1 Å². The zero-order valence-corrected chi connectivity index (χ0v) is 11.9. The first-order valence-electron chi connectivity index (χ1n) is 7.43. The van der Waals surface area contributed by atoms with Gasteiger partial charge in [-0.1, -0.05) is 17.7 Å². The van der Waals surface area contributed by atoms with Crippen LogP contribution in [-0.4, -0.2) is 35.2 Å². The molecule has 0 radical (unpaired) electrons. The van der Waals surface area contributed by atoms with E-state index in [1.165, 1.54) is 37.9 Å². The molecule has 0 bridgehead atoms. The smallest absolute Gasteiger partial charge is 0.120 e. The van der Waals surface area contributed by atoms with Crippen molar-refractivity contribution in [1.29, 1.82) is 0 Å². The van der Waals surface area contributed by atoms with E-state index in [1.54, 1.807) is 6.07 Å². The van der Waals surface area contributed by atoms with Gasteiger partial charge in [-0.05, 0) is 39.2 Å². The van der Waals surface area contributed by atoms with Crippen molar-refractivity contribution in [2.24, 2.45) is 0 Å². The molecule has 1 aliphatic carbocycles. The minimum Gasteiger partial charge on any atom is -0.508 e. The molecule has 0 aromatic heterocycles. The number of phenols is 1. The van der Waals surface area contributed by atoms with Crippen molar-refractivity contribution in [3.8, 4) is 5.75 Å². The van der Waals surface area contributed by atoms with E-state index in [-0.39, 0.29) is 6.04 Å². The number of rotatable bonds is 4. The van der Waals surface area contributed by atoms with Crippen LogP contribution in [0.25, 0.3) is 0 Å². The van der Waals surface area contributed by atoms with Crippen LogP contribution in [0.15, 0.2) is 18.2 Å². The number of benzene rings is 1. The molecule has 1 saturated heterocycles. The predicted molar refractivity (Wildman–Crippen MR) is 77.4 cm³/mol. The van der Waals surface area contributed by atoms with Crippen molar-refractivity contribution in [3.63, 3.8) is 0 Å². The van der Waals surface area contributed by atoms with Crippen molar-refractivity contribution in [3.05, 3.63) is 29.3 Å². The Morgan fingerprint density at radius 2 is 2.11 bits per heavy atom. The van der Waals surface area contributed by atoms with E-state index in [0.29, 0.717) is 11.8 Å². The van der Waals surface area contributed by atoms with E-state index < -0.39 is 0 Å². The number of phenolic OH excluding ortho intramolecular Hbond substituents is 1. The number of nitrogens with one attached hydrogen (secondary N) is 1. The average molecular weight is 260 g/mol. The van der Waals surface area contributed by atoms with Gasteiger partial charge in [-0.2, -0.15) is 0 Å². The molecule has 1 heterocycles. The monoisotopic (exact) mass is 260 g/mol. The Labute approximate surface area is 115 Å². The lowest BCUT2D eigenvalue weighted by Crippen LogP contribution is -2.35. The normalized spacial score (nSPS) is 25.7. The molecule has 3 heteroatoms. The molecule has 2 unspecified atom stereocenters. The van der Waals surface area contributed by atoms with E-state index in [0.717, 1.165) is 11.6 Å². The number of likely N-dealkylation sites (tertiary alicyclic amines) is 1. The summed E-state index contributed by atoms with van der Waals surface area (Å²) in [5.41, 5.74) is 2.22. The second-order valence-corrected chi connectivity index (χ2v) is 6.16. The van der Waals surface area contributed by atoms with Crippen LogP contribution in [0.4, 0.5) is 0 Å². The first-order valence-corrected chi connectivity index (χ1v) is 7.43. The molecule has 104 valence electrons. The highest BCUT2D eigenvalue weighted by atomic mass is 16.3. The molecular formula is C16H24N2O. The third-order valence-corrected chi connectivity index (χ3v) is 4.42. The van der Waals surface area contributed by atoms with Gasteiger partial charge in [0.05, 0.1) is 0 Å². The maximum Gasteiger partial charge on any atom is 0.120 e. The number of hydrogen-bond donors (Lipinski definition) is 2. The van der Waals surface area contributed by atoms with Crippen molar-refractivity contribution >= 4 is 0 Å². The lowest BCUT2D eigenvalue weighted by atomic mass is 10.0. The summed E-state index contributed by atoms with van der Waals surface area (Å²) in [7, 11) is 0. The zero-order valence-electron chi connectivity index (χ0n) is 11.9. The molecule has 3 nitrogen and oxygen atoms in total. The van der Waals surface area contributed by atoms with Gasteiger partial charge in [-0.3, -0.25) is 4.90 Å². The summed E-state index contributed by atoms with van der Waals surface area (Å²) in [6.07, 6.45) is 4.01. The van der Waals surface area contributed by atoms with Crippen molar-refractivity contribution < 1.29 is 5.11 Å². The molecule has 1 aliphatic heterocycles. The fourth-order valence-electron chi connectivity index (χ4n) is 3.16. The summed E-state index contributed by atoms with van der Waals surface area (Å²) < 4.78 is 0. The maximum atomic E-state index is 9.98. The summed E-state index contributed by atoms with van der Waals surface area (Å²) in [5.74, 6) is 0.405. The second-order valence-electron chi connectivity index (χ2n) is 6.16. The topological polar surface area (TPSA) is 35.5 Å². The lowest BCUT2D eigenvalue weighted by Gasteiger charge is -2.21. The Bertz CT molecular complexity index is 456. The first kappa shape index (κ1) is 12.9. The standard InChI is InChI=1S/C16H24N2O/c1-11-3-6-16(19)15(9-11)12(2)17-13-7-8-18(10-13)14-4-5-14/h3,6,9,12-14,17,19H,4-5,7-8,10H2,1-2H3. The molecule has 1 aromatic carbocycles. The van der Waals surface area contributed by atoms with Crippen LogP contribution < -0.4 is 5.32 Å². The van der Waals surface area contributed by atoms with E-state index >= 15 is 0 Å². The van der Waals surface area contributed by atoms with Crippen molar-refractivity contribution in [1.82, 2.24) is 10.2 Å². The van der Waals surface area contributed by atoms with Crippen LogP contribution in [0.3, 0.4) is 0 Å². The summed E-state index contributed by atoms with van der Waals surface area (Å²) in [5, 5.41) is 13.7. The van der Waals surface area contributed by atoms with Crippen molar-refractivity contribution in [2.45, 2.75) is 51.2 Å². The minimum atomic E-state index is 0.212. The summed E-state index contributed by atoms with van der Waals surface area (Å²) in [4.78, 5) is 2.61. The molecule has 2 aliphatic rings. The summed E-state index contributed by atoms with van der Waals surface area (Å²) >= 11 is 0. The van der Waals surface area contributed by atoms with Gasteiger partial charge in [0.15, 0.2) is 0 Å². The van der Waals surface area contributed by atoms with Gasteiger partial charge in [0.1, 0.15) is 5.75 Å². The average Bonchev–Trinajstić information content (AvgIpc) is 3.13. The predicted octanol–water partition coefficient (Wildman–Crippen LogP) is 2.59. The van der Waals surface area contributed by atoms with Gasteiger partial charge in [0.2, 0.25) is 0 Å². The van der Waals surface area contributed by atoms with Crippen LogP contribution in [0.5, 0.6) is 5.75 Å². The number of nitrogens with zero attached hydrogens (tertiary/aromatic N) is 1. The Kier molecular flexibility index (Phi) is 3.50. The third kappa shape index (κ3) is 2.93. The number of aryl methyl sites for hydroxylation is 1. The molecule has 1 saturated carbocycles. The third-order valence-electron chi connectivity index (χ3n) is 4.42. The Morgan fingerprint density at radius 3 is 2.84 bits per heavy atom. The molecule has 19 heavy (non-hydrogen) atoms. The lowest BCUT2D eigenvalue weighted by molar-refractivity contribution is 0.313. The SMILES string of the molecule is Cc1ccc(O)c(C(C)NC2CCN(C3CC3)C2)c1. The van der Waals surface area contributed by atoms with Gasteiger partial charge in [-0.25, -0.2) is 0 Å². The van der Waals surface area contributed by atoms with Crippen LogP contribution in [-0.2, 0) is 0 Å². The highest BCUT2D eigenvalue weighted by molar-refractivity contribution is 5.37. The van der Waals surface area contributed by atoms with E-state index in [1.807, 2.05) is 6.07 Å². The van der Waals surface area contributed by atoms with Crippen LogP contribution in [0, 0.1) is 6.92 Å². The molecule has 3 rings (SSSR count). The molecule has 1 aromatic rings. The van der Waals surface area contributed by atoms with Crippen LogP contribution in [0.1, 0.15) is 43.4 Å². The molecular weight excluding hydrogens is 236 g/mol. The van der Waals surface area contributed by atoms with Crippen LogP contribution in [0.2, 0.25) is 0 Å². The number of hydrogen-bond acceptors (Lipinski definition) is 3.